The molecule has 4 N–H and O–H groups in total. The van der Waals surface area contributed by atoms with Crippen LogP contribution < -0.4 is 5.32 Å². The van der Waals surface area contributed by atoms with Crippen molar-refractivity contribution < 1.29 is 23.1 Å². The van der Waals surface area contributed by atoms with Crippen molar-refractivity contribution in [3.05, 3.63) is 59.7 Å². The highest BCUT2D eigenvalue weighted by atomic mass is 19.4. The lowest BCUT2D eigenvalue weighted by atomic mass is 10.1. The van der Waals surface area contributed by atoms with Crippen LogP contribution >= 0.6 is 0 Å². The van der Waals surface area contributed by atoms with E-state index in [2.05, 4.69) is 40.9 Å². The van der Waals surface area contributed by atoms with Gasteiger partial charge in [0.05, 0.1) is 5.56 Å². The van der Waals surface area contributed by atoms with E-state index >= 15 is 0 Å². The number of nitrogens with one attached hydrogen (secondary N) is 3. The van der Waals surface area contributed by atoms with Gasteiger partial charge in [-0.3, -0.25) is 14.9 Å². The number of alkyl halides is 3. The van der Waals surface area contributed by atoms with E-state index < -0.39 is 23.4 Å². The van der Waals surface area contributed by atoms with Gasteiger partial charge in [0.1, 0.15) is 11.4 Å². The molecule has 31 heavy (non-hydrogen) atoms. The molecule has 10 nitrogen and oxygen atoms in total. The van der Waals surface area contributed by atoms with Gasteiger partial charge in [-0.2, -0.15) is 33.7 Å². The van der Waals surface area contributed by atoms with Gasteiger partial charge in [-0.15, -0.1) is 0 Å². The number of carbonyl (C=O) groups excluding carboxylic acids is 1. The summed E-state index contributed by atoms with van der Waals surface area (Å²) in [7, 11) is 0. The van der Waals surface area contributed by atoms with E-state index in [-0.39, 0.29) is 35.1 Å². The average molecular weight is 430 g/mol. The third-order valence-corrected chi connectivity index (χ3v) is 4.24. The topological polar surface area (TPSA) is 145 Å². The molecule has 0 bridgehead atoms. The summed E-state index contributed by atoms with van der Waals surface area (Å²) in [4.78, 5) is 20.2. The fourth-order valence-electron chi connectivity index (χ4n) is 2.73. The van der Waals surface area contributed by atoms with Crippen LogP contribution in [0.5, 0.6) is 5.75 Å². The number of carbonyl (C=O) groups is 1. The lowest BCUT2D eigenvalue weighted by Crippen LogP contribution is -2.24. The number of hydrogen-bond donors (Lipinski definition) is 4. The van der Waals surface area contributed by atoms with Gasteiger partial charge >= 0.3 is 6.18 Å². The standard InChI is InChI=1S/C18H13F3N8O2/c19-18(20,21)11-7-10(1-2-12(11)30)13-14(26-29-25-13)15-24-16(28-27-15)17(31)23-8-9-3-5-22-6-4-9/h1-7,30H,8H2,(H,23,31)(H,24,27,28)(H,25,26,29). The summed E-state index contributed by atoms with van der Waals surface area (Å²) >= 11 is 0. The Labute approximate surface area is 171 Å². The zero-order chi connectivity index (χ0) is 22.0. The van der Waals surface area contributed by atoms with Gasteiger partial charge < -0.3 is 10.4 Å². The Hall–Kier alpha value is -4.29. The molecule has 3 heterocycles. The Morgan fingerprint density at radius 3 is 2.55 bits per heavy atom. The first-order valence-corrected chi connectivity index (χ1v) is 8.74. The second kappa shape index (κ2) is 7.85. The normalized spacial score (nSPS) is 11.5. The number of phenolic OH excluding ortho intramolecular Hbond substituents is 1. The molecule has 3 aromatic heterocycles. The number of amides is 1. The largest absolute Gasteiger partial charge is 0.507 e. The lowest BCUT2D eigenvalue weighted by molar-refractivity contribution is -0.138. The van der Waals surface area contributed by atoms with E-state index in [1.54, 1.807) is 24.5 Å². The molecular weight excluding hydrogens is 417 g/mol. The van der Waals surface area contributed by atoms with Gasteiger partial charge in [-0.25, -0.2) is 4.98 Å². The molecule has 0 unspecified atom stereocenters. The first kappa shape index (κ1) is 20.0. The van der Waals surface area contributed by atoms with Crippen LogP contribution in [0.1, 0.15) is 21.7 Å². The highest BCUT2D eigenvalue weighted by Gasteiger charge is 2.34. The average Bonchev–Trinajstić information content (AvgIpc) is 3.42. The molecule has 0 saturated carbocycles. The van der Waals surface area contributed by atoms with Crippen molar-refractivity contribution in [2.45, 2.75) is 12.7 Å². The second-order valence-corrected chi connectivity index (χ2v) is 6.30. The fraction of sp³-hybridized carbons (Fsp3) is 0.111. The maximum Gasteiger partial charge on any atom is 0.419 e. The lowest BCUT2D eigenvalue weighted by Gasteiger charge is -2.10. The highest BCUT2D eigenvalue weighted by molar-refractivity contribution is 5.91. The van der Waals surface area contributed by atoms with Crippen molar-refractivity contribution in [2.24, 2.45) is 0 Å². The summed E-state index contributed by atoms with van der Waals surface area (Å²) in [5, 5.41) is 28.6. The smallest absolute Gasteiger partial charge is 0.419 e. The van der Waals surface area contributed by atoms with Gasteiger partial charge in [0.25, 0.3) is 5.91 Å². The fourth-order valence-corrected chi connectivity index (χ4v) is 2.73. The van der Waals surface area contributed by atoms with Crippen LogP contribution in [0, 0.1) is 0 Å². The molecule has 0 aliphatic rings. The molecule has 4 rings (SSSR count). The minimum atomic E-state index is -4.76. The molecule has 0 spiro atoms. The number of aromatic nitrogens is 7. The van der Waals surface area contributed by atoms with E-state index in [0.29, 0.717) is 0 Å². The number of benzene rings is 1. The van der Waals surface area contributed by atoms with Crippen LogP contribution in [-0.4, -0.2) is 46.6 Å². The molecule has 4 aromatic rings. The molecule has 1 amide bonds. The molecule has 0 radical (unpaired) electrons. The van der Waals surface area contributed by atoms with E-state index in [0.717, 1.165) is 17.7 Å². The van der Waals surface area contributed by atoms with Crippen molar-refractivity contribution in [3.8, 4) is 28.5 Å². The third kappa shape index (κ3) is 4.19. The number of hydrogen-bond acceptors (Lipinski definition) is 7. The van der Waals surface area contributed by atoms with Crippen molar-refractivity contribution in [2.75, 3.05) is 0 Å². The summed E-state index contributed by atoms with van der Waals surface area (Å²) in [6.07, 6.45) is -1.57. The number of phenols is 1. The van der Waals surface area contributed by atoms with Gasteiger partial charge in [-0.05, 0) is 35.9 Å². The van der Waals surface area contributed by atoms with Crippen molar-refractivity contribution in [1.82, 2.24) is 40.9 Å². The number of nitrogens with zero attached hydrogens (tertiary/aromatic N) is 5. The summed E-state index contributed by atoms with van der Waals surface area (Å²) in [5.41, 5.74) is -0.307. The van der Waals surface area contributed by atoms with Crippen LogP contribution in [0.3, 0.4) is 0 Å². The Morgan fingerprint density at radius 2 is 1.81 bits per heavy atom. The van der Waals surface area contributed by atoms with Gasteiger partial charge in [-0.1, -0.05) is 0 Å². The Bertz CT molecular complexity index is 1220. The predicted octanol–water partition coefficient (Wildman–Crippen LogP) is 2.31. The van der Waals surface area contributed by atoms with E-state index in [9.17, 15) is 23.1 Å². The predicted molar refractivity (Wildman–Crippen MR) is 99.3 cm³/mol. The van der Waals surface area contributed by atoms with Crippen molar-refractivity contribution in [3.63, 3.8) is 0 Å². The van der Waals surface area contributed by atoms with Crippen LogP contribution in [0.25, 0.3) is 22.8 Å². The molecule has 0 atom stereocenters. The Kier molecular flexibility index (Phi) is 5.07. The SMILES string of the molecule is O=C(NCc1ccncc1)c1nc(-c2n[nH]nc2-c2ccc(O)c(C(F)(F)F)c2)n[nH]1. The van der Waals surface area contributed by atoms with Crippen LogP contribution in [0.15, 0.2) is 42.7 Å². The van der Waals surface area contributed by atoms with Crippen LogP contribution in [0.2, 0.25) is 0 Å². The Balaban J connectivity index is 1.57. The van der Waals surface area contributed by atoms with E-state index in [4.69, 9.17) is 0 Å². The number of rotatable bonds is 5. The van der Waals surface area contributed by atoms with E-state index in [1.807, 2.05) is 0 Å². The number of halogens is 3. The first-order chi connectivity index (χ1) is 14.8. The molecule has 0 aliphatic carbocycles. The molecule has 1 aromatic carbocycles. The summed E-state index contributed by atoms with van der Waals surface area (Å²) in [6.45, 7) is 0.236. The number of pyridine rings is 1. The van der Waals surface area contributed by atoms with Crippen LogP contribution in [0.4, 0.5) is 13.2 Å². The third-order valence-electron chi connectivity index (χ3n) is 4.24. The minimum Gasteiger partial charge on any atom is -0.507 e. The summed E-state index contributed by atoms with van der Waals surface area (Å²) < 4.78 is 39.3. The molecule has 0 aliphatic heterocycles. The van der Waals surface area contributed by atoms with E-state index in [1.165, 1.54) is 6.07 Å². The van der Waals surface area contributed by atoms with Crippen molar-refractivity contribution in [1.29, 1.82) is 0 Å². The molecule has 158 valence electrons. The molecule has 0 saturated heterocycles. The minimum absolute atomic E-state index is 0.0215. The summed E-state index contributed by atoms with van der Waals surface area (Å²) in [6, 6.07) is 6.38. The van der Waals surface area contributed by atoms with Gasteiger partial charge in [0, 0.05) is 24.5 Å². The van der Waals surface area contributed by atoms with Crippen LogP contribution in [-0.2, 0) is 12.7 Å². The number of aromatic amines is 2. The molecular formula is C18H13F3N8O2. The monoisotopic (exact) mass is 430 g/mol. The van der Waals surface area contributed by atoms with Gasteiger partial charge in [0.2, 0.25) is 11.6 Å². The highest BCUT2D eigenvalue weighted by Crippen LogP contribution is 2.38. The zero-order valence-corrected chi connectivity index (χ0v) is 15.5. The zero-order valence-electron chi connectivity index (χ0n) is 15.5. The number of aromatic hydroxyl groups is 1. The first-order valence-electron chi connectivity index (χ1n) is 8.74. The quantitative estimate of drug-likeness (QED) is 0.380. The summed E-state index contributed by atoms with van der Waals surface area (Å²) in [5.74, 6) is -1.60. The maximum atomic E-state index is 13.1. The maximum absolute atomic E-state index is 13.1. The molecule has 13 heteroatoms. The van der Waals surface area contributed by atoms with Gasteiger partial charge in [0.15, 0.2) is 5.69 Å². The Morgan fingerprint density at radius 1 is 1.06 bits per heavy atom. The number of H-pyrrole nitrogens is 2. The second-order valence-electron chi connectivity index (χ2n) is 6.30. The molecule has 0 fully saturated rings. The van der Waals surface area contributed by atoms with Crippen molar-refractivity contribution >= 4 is 5.91 Å².